The molecule has 1 aliphatic carbocycles. The lowest BCUT2D eigenvalue weighted by molar-refractivity contribution is 0.0499. The van der Waals surface area contributed by atoms with Gasteiger partial charge in [0.15, 0.2) is 0 Å². The van der Waals surface area contributed by atoms with Crippen molar-refractivity contribution in [1.29, 1.82) is 0 Å². The van der Waals surface area contributed by atoms with Gasteiger partial charge in [-0.15, -0.1) is 6.58 Å². The second-order valence-corrected chi connectivity index (χ2v) is 3.75. The predicted molar refractivity (Wildman–Crippen MR) is 65.0 cm³/mol. The minimum Gasteiger partial charge on any atom is -0.471 e. The second kappa shape index (κ2) is 5.34. The van der Waals surface area contributed by atoms with Crippen molar-refractivity contribution < 1.29 is 13.9 Å². The molecule has 1 aliphatic heterocycles. The average Bonchev–Trinajstić information content (AvgIpc) is 2.82. The Morgan fingerprint density at radius 1 is 1.41 bits per heavy atom. The molecule has 0 bridgehead atoms. The van der Waals surface area contributed by atoms with E-state index in [9.17, 15) is 4.79 Å². The van der Waals surface area contributed by atoms with Gasteiger partial charge in [-0.25, -0.2) is 4.79 Å². The van der Waals surface area contributed by atoms with E-state index in [0.717, 1.165) is 24.0 Å². The van der Waals surface area contributed by atoms with Crippen LogP contribution in [-0.4, -0.2) is 12.6 Å². The van der Waals surface area contributed by atoms with Crippen LogP contribution < -0.4 is 0 Å². The van der Waals surface area contributed by atoms with Gasteiger partial charge in [0.2, 0.25) is 0 Å². The maximum atomic E-state index is 11.8. The Kier molecular flexibility index (Phi) is 3.60. The Hall–Kier alpha value is -2.03. The number of unbranched alkanes of at least 4 members (excludes halogenated alkanes) is 1. The van der Waals surface area contributed by atoms with Gasteiger partial charge in [-0.05, 0) is 12.8 Å². The third-order valence-corrected chi connectivity index (χ3v) is 2.53. The van der Waals surface area contributed by atoms with Crippen LogP contribution in [-0.2, 0) is 4.74 Å². The molecule has 3 nitrogen and oxygen atoms in total. The quantitative estimate of drug-likeness (QED) is 0.448. The molecule has 0 unspecified atom stereocenters. The van der Waals surface area contributed by atoms with E-state index >= 15 is 0 Å². The van der Waals surface area contributed by atoms with Crippen molar-refractivity contribution >= 4 is 5.97 Å². The zero-order valence-corrected chi connectivity index (χ0v) is 9.52. The molecule has 1 heterocycles. The number of esters is 1. The molecule has 0 saturated heterocycles. The third kappa shape index (κ3) is 2.56. The molecule has 0 N–H and O–H groups in total. The maximum absolute atomic E-state index is 11.8. The Labute approximate surface area is 100 Å². The lowest BCUT2D eigenvalue weighted by Gasteiger charge is -2.07. The summed E-state index contributed by atoms with van der Waals surface area (Å²) in [6.07, 6.45) is 6.49. The number of carbonyl (C=O) groups excluding carboxylic acids is 1. The van der Waals surface area contributed by atoms with E-state index in [4.69, 9.17) is 9.15 Å². The standard InChI is InChI=1S/C14H14O3/c1-2-3-4-8-17-14(15)13-10-16-9-11-6-5-7-12(11)13/h2,5-7,9-10H,1,3-4,8H2. The minimum absolute atomic E-state index is 0.338. The summed E-state index contributed by atoms with van der Waals surface area (Å²) in [5, 5.41) is 0. The highest BCUT2D eigenvalue weighted by atomic mass is 16.5. The molecule has 0 amide bonds. The molecule has 3 heteroatoms. The topological polar surface area (TPSA) is 39.4 Å². The van der Waals surface area contributed by atoms with E-state index in [2.05, 4.69) is 6.58 Å². The number of fused-ring (bicyclic) bond motifs is 1. The summed E-state index contributed by atoms with van der Waals surface area (Å²) in [6, 6.07) is 5.66. The molecule has 17 heavy (non-hydrogen) atoms. The monoisotopic (exact) mass is 230 g/mol. The highest BCUT2D eigenvalue weighted by molar-refractivity contribution is 5.97. The fourth-order valence-corrected chi connectivity index (χ4v) is 1.65. The van der Waals surface area contributed by atoms with Gasteiger partial charge >= 0.3 is 5.97 Å². The largest absolute Gasteiger partial charge is 0.471 e. The SMILES string of the molecule is C=CCCCOC(=O)c1cocc2cccc1-2. The van der Waals surface area contributed by atoms with Crippen molar-refractivity contribution in [2.75, 3.05) is 6.61 Å². The molecule has 0 atom stereocenters. The molecule has 0 radical (unpaired) electrons. The molecular weight excluding hydrogens is 216 g/mol. The van der Waals surface area contributed by atoms with Gasteiger partial charge in [-0.3, -0.25) is 0 Å². The smallest absolute Gasteiger partial charge is 0.341 e. The molecule has 0 aromatic rings. The zero-order chi connectivity index (χ0) is 12.1. The summed E-state index contributed by atoms with van der Waals surface area (Å²) >= 11 is 0. The van der Waals surface area contributed by atoms with Crippen LogP contribution in [0.1, 0.15) is 23.2 Å². The van der Waals surface area contributed by atoms with Crippen molar-refractivity contribution in [2.45, 2.75) is 12.8 Å². The van der Waals surface area contributed by atoms with Crippen LogP contribution in [0, 0.1) is 0 Å². The Bertz CT molecular complexity index is 484. The number of hydrogen-bond acceptors (Lipinski definition) is 3. The first-order valence-corrected chi connectivity index (χ1v) is 5.56. The Balaban J connectivity index is 2.04. The van der Waals surface area contributed by atoms with Crippen LogP contribution in [0.2, 0.25) is 0 Å². The third-order valence-electron chi connectivity index (χ3n) is 2.53. The zero-order valence-electron chi connectivity index (χ0n) is 9.52. The number of rotatable bonds is 5. The summed E-state index contributed by atoms with van der Waals surface area (Å²) in [5.74, 6) is -0.338. The summed E-state index contributed by atoms with van der Waals surface area (Å²) < 4.78 is 10.3. The Morgan fingerprint density at radius 2 is 2.29 bits per heavy atom. The predicted octanol–water partition coefficient (Wildman–Crippen LogP) is 3.51. The molecule has 2 aliphatic rings. The van der Waals surface area contributed by atoms with Crippen LogP contribution >= 0.6 is 0 Å². The van der Waals surface area contributed by atoms with Gasteiger partial charge in [0.25, 0.3) is 0 Å². The van der Waals surface area contributed by atoms with Gasteiger partial charge in [-0.1, -0.05) is 24.3 Å². The highest BCUT2D eigenvalue weighted by Crippen LogP contribution is 2.27. The van der Waals surface area contributed by atoms with Crippen molar-refractivity contribution in [3.63, 3.8) is 0 Å². The van der Waals surface area contributed by atoms with E-state index in [1.807, 2.05) is 18.2 Å². The summed E-state index contributed by atoms with van der Waals surface area (Å²) in [7, 11) is 0. The lowest BCUT2D eigenvalue weighted by atomic mass is 10.1. The molecule has 0 saturated carbocycles. The molecule has 0 aromatic carbocycles. The first kappa shape index (κ1) is 11.5. The normalized spacial score (nSPS) is 10.4. The van der Waals surface area contributed by atoms with Crippen LogP contribution in [0.3, 0.4) is 0 Å². The van der Waals surface area contributed by atoms with Crippen molar-refractivity contribution in [1.82, 2.24) is 0 Å². The summed E-state index contributed by atoms with van der Waals surface area (Å²) in [5.41, 5.74) is 2.25. The van der Waals surface area contributed by atoms with Gasteiger partial charge in [0.05, 0.1) is 12.9 Å². The number of carbonyl (C=O) groups is 1. The molecule has 0 fully saturated rings. The van der Waals surface area contributed by atoms with Crippen LogP contribution in [0.4, 0.5) is 0 Å². The average molecular weight is 230 g/mol. The van der Waals surface area contributed by atoms with E-state index in [-0.39, 0.29) is 5.97 Å². The summed E-state index contributed by atoms with van der Waals surface area (Å²) in [6.45, 7) is 4.02. The number of hydrogen-bond donors (Lipinski definition) is 0. The molecule has 0 aromatic heterocycles. The molecule has 2 rings (SSSR count). The maximum Gasteiger partial charge on any atom is 0.341 e. The fourth-order valence-electron chi connectivity index (χ4n) is 1.65. The van der Waals surface area contributed by atoms with E-state index in [0.29, 0.717) is 12.2 Å². The first-order valence-electron chi connectivity index (χ1n) is 5.56. The van der Waals surface area contributed by atoms with E-state index in [1.165, 1.54) is 6.26 Å². The fraction of sp³-hybridized carbons (Fsp3) is 0.214. The number of ether oxygens (including phenoxy) is 1. The Morgan fingerprint density at radius 3 is 3.12 bits per heavy atom. The van der Waals surface area contributed by atoms with Gasteiger partial charge in [0, 0.05) is 11.1 Å². The lowest BCUT2D eigenvalue weighted by Crippen LogP contribution is -2.07. The highest BCUT2D eigenvalue weighted by Gasteiger charge is 2.16. The van der Waals surface area contributed by atoms with Gasteiger partial charge < -0.3 is 9.15 Å². The van der Waals surface area contributed by atoms with Crippen molar-refractivity contribution in [3.05, 3.63) is 48.9 Å². The van der Waals surface area contributed by atoms with E-state index < -0.39 is 0 Å². The summed E-state index contributed by atoms with van der Waals surface area (Å²) in [4.78, 5) is 11.8. The molecule has 0 spiro atoms. The first-order chi connectivity index (χ1) is 8.33. The molecular formula is C14H14O3. The van der Waals surface area contributed by atoms with Crippen molar-refractivity contribution in [3.8, 4) is 11.1 Å². The molecule has 88 valence electrons. The van der Waals surface area contributed by atoms with Gasteiger partial charge in [0.1, 0.15) is 11.8 Å². The van der Waals surface area contributed by atoms with Crippen LogP contribution in [0.15, 0.2) is 47.8 Å². The second-order valence-electron chi connectivity index (χ2n) is 3.75. The van der Waals surface area contributed by atoms with Crippen LogP contribution in [0.5, 0.6) is 0 Å². The minimum atomic E-state index is -0.338. The van der Waals surface area contributed by atoms with Crippen molar-refractivity contribution in [2.24, 2.45) is 0 Å². The number of allylic oxidation sites excluding steroid dienone is 1. The van der Waals surface area contributed by atoms with Gasteiger partial charge in [-0.2, -0.15) is 0 Å². The van der Waals surface area contributed by atoms with Crippen LogP contribution in [0.25, 0.3) is 11.1 Å². The van der Waals surface area contributed by atoms with E-state index in [1.54, 1.807) is 12.3 Å².